The third kappa shape index (κ3) is 7.51. The Morgan fingerprint density at radius 2 is 1.67 bits per heavy atom. The molecule has 2 aliphatic rings. The fraction of sp³-hybridized carbons (Fsp3) is 0.481. The number of anilines is 1. The summed E-state index contributed by atoms with van der Waals surface area (Å²) < 4.78 is 81.8. The predicted molar refractivity (Wildman–Crippen MR) is 142 cm³/mol. The van der Waals surface area contributed by atoms with Crippen LogP contribution in [-0.2, 0) is 16.4 Å². The largest absolute Gasteiger partial charge is 0.493 e. The highest BCUT2D eigenvalue weighted by molar-refractivity contribution is 6.33. The van der Waals surface area contributed by atoms with Crippen LogP contribution in [0.3, 0.4) is 0 Å². The zero-order valence-corrected chi connectivity index (χ0v) is 23.6. The van der Waals surface area contributed by atoms with E-state index in [2.05, 4.69) is 28.6 Å². The van der Waals surface area contributed by atoms with Gasteiger partial charge in [-0.3, -0.25) is 0 Å². The van der Waals surface area contributed by atoms with E-state index in [1.165, 1.54) is 5.56 Å². The maximum atomic E-state index is 13.0. The number of likely N-dealkylation sites (N-methyl/N-ethyl adjacent to an activating group) is 1. The van der Waals surface area contributed by atoms with Gasteiger partial charge in [-0.15, -0.1) is 0 Å². The number of hydrogen-bond acceptors (Lipinski definition) is 5. The van der Waals surface area contributed by atoms with Crippen LogP contribution in [0.15, 0.2) is 36.4 Å². The minimum Gasteiger partial charge on any atom is -0.493 e. The molecule has 8 nitrogen and oxygen atoms in total. The van der Waals surface area contributed by atoms with Crippen molar-refractivity contribution in [3.63, 3.8) is 0 Å². The quantitative estimate of drug-likeness (QED) is 0.336. The van der Waals surface area contributed by atoms with Crippen LogP contribution in [0, 0.1) is 0 Å². The van der Waals surface area contributed by atoms with Gasteiger partial charge in [0.15, 0.2) is 11.5 Å². The number of carboxylic acids is 1. The van der Waals surface area contributed by atoms with Crippen LogP contribution in [0.5, 0.6) is 11.5 Å². The summed E-state index contributed by atoms with van der Waals surface area (Å²) in [6, 6.07) is 8.41. The Hall–Kier alpha value is -3.39. The van der Waals surface area contributed by atoms with Crippen LogP contribution < -0.4 is 20.1 Å². The van der Waals surface area contributed by atoms with Gasteiger partial charge in [-0.2, -0.15) is 26.3 Å². The molecule has 3 atom stereocenters. The highest BCUT2D eigenvalue weighted by atomic mass is 35.5. The first-order valence-corrected chi connectivity index (χ1v) is 13.1. The van der Waals surface area contributed by atoms with E-state index in [0.717, 1.165) is 44.0 Å². The maximum Gasteiger partial charge on any atom is 0.490 e. The zero-order chi connectivity index (χ0) is 31.5. The molecule has 232 valence electrons. The molecule has 2 aromatic carbocycles. The minimum absolute atomic E-state index is 0.0415. The molecule has 1 heterocycles. The van der Waals surface area contributed by atoms with Crippen molar-refractivity contribution in [3.8, 4) is 11.5 Å². The van der Waals surface area contributed by atoms with Crippen molar-refractivity contribution < 1.29 is 50.5 Å². The maximum absolute atomic E-state index is 13.0. The topological polar surface area (TPSA) is 100 Å². The fourth-order valence-corrected chi connectivity index (χ4v) is 5.70. The molecule has 1 saturated carbocycles. The van der Waals surface area contributed by atoms with E-state index in [-0.39, 0.29) is 28.2 Å². The molecule has 2 amide bonds. The number of halogens is 7. The minimum atomic E-state index is -5.08. The van der Waals surface area contributed by atoms with Gasteiger partial charge >= 0.3 is 24.4 Å². The molecule has 3 N–H and O–H groups in total. The number of fused-ring (bicyclic) bond motifs is 1. The summed E-state index contributed by atoms with van der Waals surface area (Å²) in [7, 11) is 5.31. The highest BCUT2D eigenvalue weighted by Crippen LogP contribution is 2.50. The smallest absolute Gasteiger partial charge is 0.490 e. The van der Waals surface area contributed by atoms with Crippen LogP contribution in [0.25, 0.3) is 0 Å². The van der Waals surface area contributed by atoms with Gasteiger partial charge in [0.05, 0.1) is 30.5 Å². The van der Waals surface area contributed by atoms with Crippen LogP contribution in [0.2, 0.25) is 5.02 Å². The van der Waals surface area contributed by atoms with Gasteiger partial charge in [0.2, 0.25) is 0 Å². The standard InChI is InChI=1S/C25H29ClF3N3O3.C2HF3O2/c1-32-11-10-24(15-5-7-20(34-2)21(13-15)35-3)9-8-17(14-22(24)32)30-23(33)31-19-12-16(25(27,28)29)4-6-18(19)26;3-2(4,5)1(6)7/h4-7,12-13,17,22H,8-11,14H2,1-3H3,(H2,30,31,33);(H,6,7). The second-order valence-corrected chi connectivity index (χ2v) is 10.4. The lowest BCUT2D eigenvalue weighted by atomic mass is 9.65. The average molecular weight is 626 g/mol. The summed E-state index contributed by atoms with van der Waals surface area (Å²) >= 11 is 6.02. The molecule has 1 aliphatic carbocycles. The lowest BCUT2D eigenvalue weighted by Gasteiger charge is -2.45. The SMILES string of the molecule is COc1ccc(C23CCC(NC(=O)Nc4cc(C(F)(F)F)ccc4Cl)CC2N(C)CC3)cc1OC.O=C(O)C(F)(F)F. The van der Waals surface area contributed by atoms with Crippen molar-refractivity contribution in [3.05, 3.63) is 52.5 Å². The molecule has 2 aromatic rings. The molecular formula is C27H30ClF6N3O5. The van der Waals surface area contributed by atoms with E-state index in [4.69, 9.17) is 31.0 Å². The summed E-state index contributed by atoms with van der Waals surface area (Å²) in [4.78, 5) is 23.9. The Morgan fingerprint density at radius 1 is 1.02 bits per heavy atom. The third-order valence-corrected chi connectivity index (χ3v) is 7.93. The first-order valence-electron chi connectivity index (χ1n) is 12.7. The molecule has 4 rings (SSSR count). The summed E-state index contributed by atoms with van der Waals surface area (Å²) in [6.07, 6.45) is -6.31. The van der Waals surface area contributed by atoms with Crippen molar-refractivity contribution >= 4 is 29.3 Å². The van der Waals surface area contributed by atoms with Crippen molar-refractivity contribution in [2.45, 2.75) is 55.5 Å². The molecular weight excluding hydrogens is 596 g/mol. The fourth-order valence-electron chi connectivity index (χ4n) is 5.54. The second-order valence-electron chi connectivity index (χ2n) is 10.0. The predicted octanol–water partition coefficient (Wildman–Crippen LogP) is 6.33. The van der Waals surface area contributed by atoms with Crippen molar-refractivity contribution in [1.82, 2.24) is 10.2 Å². The van der Waals surface area contributed by atoms with E-state index in [1.807, 2.05) is 12.1 Å². The van der Waals surface area contributed by atoms with Gasteiger partial charge in [0, 0.05) is 17.5 Å². The number of urea groups is 1. The molecule has 2 fully saturated rings. The number of carboxylic acid groups (broad SMARTS) is 1. The van der Waals surface area contributed by atoms with E-state index >= 15 is 0 Å². The van der Waals surface area contributed by atoms with Gasteiger partial charge in [0.1, 0.15) is 0 Å². The summed E-state index contributed by atoms with van der Waals surface area (Å²) in [5, 5.41) is 12.6. The molecule has 0 spiro atoms. The van der Waals surface area contributed by atoms with Crippen LogP contribution in [-0.4, -0.2) is 68.1 Å². The van der Waals surface area contributed by atoms with E-state index < -0.39 is 29.9 Å². The van der Waals surface area contributed by atoms with E-state index in [0.29, 0.717) is 17.9 Å². The molecule has 0 radical (unpaired) electrons. The Kier molecular flexibility index (Phi) is 10.1. The average Bonchev–Trinajstić information content (AvgIpc) is 3.25. The number of carbonyl (C=O) groups excluding carboxylic acids is 1. The van der Waals surface area contributed by atoms with Crippen molar-refractivity contribution in [2.75, 3.05) is 33.1 Å². The number of nitrogens with zero attached hydrogens (tertiary/aromatic N) is 1. The van der Waals surface area contributed by atoms with E-state index in [1.54, 1.807) is 14.2 Å². The normalized spacial score (nSPS) is 22.3. The monoisotopic (exact) mass is 625 g/mol. The Bertz CT molecular complexity index is 1290. The summed E-state index contributed by atoms with van der Waals surface area (Å²) in [5.74, 6) is -1.39. The lowest BCUT2D eigenvalue weighted by Crippen LogP contribution is -2.52. The zero-order valence-electron chi connectivity index (χ0n) is 22.8. The number of aliphatic carboxylic acids is 1. The van der Waals surface area contributed by atoms with Gasteiger partial charge in [0.25, 0.3) is 0 Å². The molecule has 0 bridgehead atoms. The Labute approximate surface area is 242 Å². The third-order valence-electron chi connectivity index (χ3n) is 7.61. The molecule has 0 aromatic heterocycles. The molecule has 1 saturated heterocycles. The number of amides is 2. The molecule has 1 aliphatic heterocycles. The number of carbonyl (C=O) groups is 2. The lowest BCUT2D eigenvalue weighted by molar-refractivity contribution is -0.192. The number of nitrogens with one attached hydrogen (secondary N) is 2. The first kappa shape index (κ1) is 33.1. The van der Waals surface area contributed by atoms with Gasteiger partial charge in [-0.1, -0.05) is 17.7 Å². The number of ether oxygens (including phenoxy) is 2. The molecule has 3 unspecified atom stereocenters. The van der Waals surface area contributed by atoms with Crippen molar-refractivity contribution in [2.24, 2.45) is 0 Å². The Balaban J connectivity index is 0.000000616. The number of hydrogen-bond donors (Lipinski definition) is 3. The molecule has 42 heavy (non-hydrogen) atoms. The summed E-state index contributed by atoms with van der Waals surface area (Å²) in [6.45, 7) is 0.928. The van der Waals surface area contributed by atoms with Crippen LogP contribution in [0.4, 0.5) is 36.8 Å². The second kappa shape index (κ2) is 12.9. The number of benzene rings is 2. The number of likely N-dealkylation sites (tertiary alicyclic amines) is 1. The Morgan fingerprint density at radius 3 is 2.24 bits per heavy atom. The van der Waals surface area contributed by atoms with E-state index in [9.17, 15) is 31.1 Å². The number of alkyl halides is 6. The first-order chi connectivity index (χ1) is 19.5. The van der Waals surface area contributed by atoms with Gasteiger partial charge < -0.3 is 30.1 Å². The van der Waals surface area contributed by atoms with Gasteiger partial charge in [-0.05, 0) is 75.2 Å². The van der Waals surface area contributed by atoms with Crippen LogP contribution in [0.1, 0.15) is 36.8 Å². The van der Waals surface area contributed by atoms with Gasteiger partial charge in [-0.25, -0.2) is 9.59 Å². The van der Waals surface area contributed by atoms with Crippen molar-refractivity contribution in [1.29, 1.82) is 0 Å². The number of rotatable bonds is 5. The number of methoxy groups -OCH3 is 2. The molecule has 15 heteroatoms. The van der Waals surface area contributed by atoms with Crippen LogP contribution >= 0.6 is 11.6 Å². The summed E-state index contributed by atoms with van der Waals surface area (Å²) in [5.41, 5.74) is 0.158. The highest BCUT2D eigenvalue weighted by Gasteiger charge is 2.50.